The smallest absolute Gasteiger partial charge is 0.112 e. The van der Waals surface area contributed by atoms with Crippen molar-refractivity contribution in [2.75, 3.05) is 0 Å². The van der Waals surface area contributed by atoms with Crippen molar-refractivity contribution in [1.82, 2.24) is 0 Å². The SMILES string of the molecule is C1=C(c2ccccc2)c2c(oc3c2CCCC3)CC1. The van der Waals surface area contributed by atoms with E-state index in [9.17, 15) is 0 Å². The van der Waals surface area contributed by atoms with Crippen LogP contribution in [-0.4, -0.2) is 0 Å². The molecule has 2 aliphatic rings. The molecule has 1 aromatic carbocycles. The average Bonchev–Trinajstić information content (AvgIpc) is 2.86. The molecule has 0 aliphatic heterocycles. The molecule has 0 atom stereocenters. The van der Waals surface area contributed by atoms with Crippen LogP contribution in [0.5, 0.6) is 0 Å². The number of furan rings is 1. The zero-order valence-corrected chi connectivity index (χ0v) is 11.1. The van der Waals surface area contributed by atoms with Crippen LogP contribution in [0.4, 0.5) is 0 Å². The molecule has 0 radical (unpaired) electrons. The molecule has 1 nitrogen and oxygen atoms in total. The standard InChI is InChI=1S/C18H18O/c1-2-7-13(8-3-1)14-10-6-12-17-18(14)15-9-4-5-11-16(15)19-17/h1-3,7-8,10H,4-6,9,11-12H2. The van der Waals surface area contributed by atoms with E-state index in [1.807, 2.05) is 0 Å². The van der Waals surface area contributed by atoms with Gasteiger partial charge in [-0.1, -0.05) is 36.4 Å². The van der Waals surface area contributed by atoms with Crippen molar-refractivity contribution in [3.05, 3.63) is 64.6 Å². The second-order valence-corrected chi connectivity index (χ2v) is 5.53. The molecular weight excluding hydrogens is 232 g/mol. The summed E-state index contributed by atoms with van der Waals surface area (Å²) >= 11 is 0. The van der Waals surface area contributed by atoms with Gasteiger partial charge >= 0.3 is 0 Å². The van der Waals surface area contributed by atoms with Crippen LogP contribution in [0.1, 0.15) is 47.5 Å². The van der Waals surface area contributed by atoms with E-state index in [4.69, 9.17) is 4.42 Å². The van der Waals surface area contributed by atoms with Crippen molar-refractivity contribution in [2.24, 2.45) is 0 Å². The highest BCUT2D eigenvalue weighted by atomic mass is 16.3. The van der Waals surface area contributed by atoms with Gasteiger partial charge in [-0.25, -0.2) is 0 Å². The van der Waals surface area contributed by atoms with E-state index in [-0.39, 0.29) is 0 Å². The number of fused-ring (bicyclic) bond motifs is 3. The molecule has 1 heteroatoms. The van der Waals surface area contributed by atoms with E-state index in [2.05, 4.69) is 36.4 Å². The highest BCUT2D eigenvalue weighted by Crippen LogP contribution is 2.40. The Balaban J connectivity index is 1.88. The van der Waals surface area contributed by atoms with Crippen molar-refractivity contribution < 1.29 is 4.42 Å². The lowest BCUT2D eigenvalue weighted by atomic mass is 9.85. The molecule has 0 bridgehead atoms. The van der Waals surface area contributed by atoms with Gasteiger partial charge in [0.05, 0.1) is 0 Å². The maximum atomic E-state index is 6.14. The Bertz CT molecular complexity index is 631. The van der Waals surface area contributed by atoms with Crippen molar-refractivity contribution in [3.8, 4) is 0 Å². The minimum Gasteiger partial charge on any atom is -0.465 e. The fourth-order valence-corrected chi connectivity index (χ4v) is 3.44. The Labute approximate surface area is 114 Å². The highest BCUT2D eigenvalue weighted by molar-refractivity contribution is 5.84. The van der Waals surface area contributed by atoms with Gasteiger partial charge < -0.3 is 4.42 Å². The molecule has 19 heavy (non-hydrogen) atoms. The molecule has 96 valence electrons. The molecule has 0 unspecified atom stereocenters. The lowest BCUT2D eigenvalue weighted by Crippen LogP contribution is -2.04. The molecule has 0 fully saturated rings. The Kier molecular flexibility index (Phi) is 2.58. The molecule has 2 aromatic rings. The average molecular weight is 250 g/mol. The predicted molar refractivity (Wildman–Crippen MR) is 77.2 cm³/mol. The van der Waals surface area contributed by atoms with Gasteiger partial charge in [0.15, 0.2) is 0 Å². The van der Waals surface area contributed by atoms with Crippen LogP contribution in [0.25, 0.3) is 5.57 Å². The summed E-state index contributed by atoms with van der Waals surface area (Å²) in [6, 6.07) is 10.7. The third kappa shape index (κ3) is 1.76. The van der Waals surface area contributed by atoms with Crippen molar-refractivity contribution in [3.63, 3.8) is 0 Å². The maximum Gasteiger partial charge on any atom is 0.112 e. The summed E-state index contributed by atoms with van der Waals surface area (Å²) in [5.41, 5.74) is 5.65. The second kappa shape index (κ2) is 4.41. The van der Waals surface area contributed by atoms with Crippen molar-refractivity contribution in [2.45, 2.75) is 38.5 Å². The van der Waals surface area contributed by atoms with Crippen LogP contribution in [0.2, 0.25) is 0 Å². The molecule has 0 saturated carbocycles. The maximum absolute atomic E-state index is 6.14. The van der Waals surface area contributed by atoms with Gasteiger partial charge in [0.25, 0.3) is 0 Å². The highest BCUT2D eigenvalue weighted by Gasteiger charge is 2.26. The minimum atomic E-state index is 1.07. The Morgan fingerprint density at radius 3 is 2.58 bits per heavy atom. The fourth-order valence-electron chi connectivity index (χ4n) is 3.44. The number of hydrogen-bond donors (Lipinski definition) is 0. The van der Waals surface area contributed by atoms with Crippen LogP contribution >= 0.6 is 0 Å². The van der Waals surface area contributed by atoms with Crippen LogP contribution < -0.4 is 0 Å². The van der Waals surface area contributed by atoms with E-state index in [0.717, 1.165) is 19.3 Å². The van der Waals surface area contributed by atoms with Gasteiger partial charge in [0.2, 0.25) is 0 Å². The van der Waals surface area contributed by atoms with Gasteiger partial charge in [-0.2, -0.15) is 0 Å². The molecule has 0 N–H and O–H groups in total. The second-order valence-electron chi connectivity index (χ2n) is 5.53. The van der Waals surface area contributed by atoms with Gasteiger partial charge in [-0.05, 0) is 36.8 Å². The third-order valence-electron chi connectivity index (χ3n) is 4.32. The summed E-state index contributed by atoms with van der Waals surface area (Å²) in [5.74, 6) is 2.49. The first-order chi connectivity index (χ1) is 9.43. The lowest BCUT2D eigenvalue weighted by Gasteiger charge is -2.16. The number of hydrogen-bond acceptors (Lipinski definition) is 1. The number of rotatable bonds is 1. The van der Waals surface area contributed by atoms with E-state index < -0.39 is 0 Å². The topological polar surface area (TPSA) is 13.1 Å². The molecular formula is C18H18O. The van der Waals surface area contributed by atoms with Crippen LogP contribution in [0.15, 0.2) is 40.8 Å². The Morgan fingerprint density at radius 2 is 1.68 bits per heavy atom. The van der Waals surface area contributed by atoms with Gasteiger partial charge in [0, 0.05) is 24.0 Å². The number of aryl methyl sites for hydroxylation is 2. The van der Waals surface area contributed by atoms with E-state index in [1.165, 1.54) is 53.0 Å². The zero-order chi connectivity index (χ0) is 12.7. The predicted octanol–water partition coefficient (Wildman–Crippen LogP) is 4.54. The summed E-state index contributed by atoms with van der Waals surface area (Å²) in [4.78, 5) is 0. The number of allylic oxidation sites excluding steroid dienone is 1. The quantitative estimate of drug-likeness (QED) is 0.724. The Morgan fingerprint density at radius 1 is 0.842 bits per heavy atom. The summed E-state index contributed by atoms with van der Waals surface area (Å²) in [7, 11) is 0. The summed E-state index contributed by atoms with van der Waals surface area (Å²) < 4.78 is 6.14. The number of benzene rings is 1. The Hall–Kier alpha value is -1.76. The summed E-state index contributed by atoms with van der Waals surface area (Å²) in [6.07, 6.45) is 9.47. The zero-order valence-electron chi connectivity index (χ0n) is 11.1. The van der Waals surface area contributed by atoms with E-state index >= 15 is 0 Å². The van der Waals surface area contributed by atoms with Crippen molar-refractivity contribution in [1.29, 1.82) is 0 Å². The normalized spacial score (nSPS) is 17.6. The van der Waals surface area contributed by atoms with Gasteiger partial charge in [-0.3, -0.25) is 0 Å². The summed E-state index contributed by atoms with van der Waals surface area (Å²) in [6.45, 7) is 0. The molecule has 0 amide bonds. The van der Waals surface area contributed by atoms with Crippen LogP contribution in [0.3, 0.4) is 0 Å². The largest absolute Gasteiger partial charge is 0.465 e. The third-order valence-corrected chi connectivity index (χ3v) is 4.32. The van der Waals surface area contributed by atoms with Gasteiger partial charge in [-0.15, -0.1) is 0 Å². The molecule has 1 aromatic heterocycles. The first kappa shape index (κ1) is 11.1. The first-order valence-electron chi connectivity index (χ1n) is 7.33. The lowest BCUT2D eigenvalue weighted by molar-refractivity contribution is 0.443. The van der Waals surface area contributed by atoms with Crippen molar-refractivity contribution >= 4 is 5.57 Å². The molecule has 4 rings (SSSR count). The minimum absolute atomic E-state index is 1.07. The molecule has 2 aliphatic carbocycles. The fraction of sp³-hybridized carbons (Fsp3) is 0.333. The first-order valence-corrected chi connectivity index (χ1v) is 7.33. The van der Waals surface area contributed by atoms with Gasteiger partial charge in [0.1, 0.15) is 11.5 Å². The van der Waals surface area contributed by atoms with E-state index in [0.29, 0.717) is 0 Å². The summed E-state index contributed by atoms with van der Waals surface area (Å²) in [5, 5.41) is 0. The van der Waals surface area contributed by atoms with E-state index in [1.54, 1.807) is 0 Å². The molecule has 0 saturated heterocycles. The molecule has 0 spiro atoms. The molecule has 1 heterocycles. The van der Waals surface area contributed by atoms with Crippen LogP contribution in [0, 0.1) is 0 Å². The van der Waals surface area contributed by atoms with Crippen LogP contribution in [-0.2, 0) is 19.3 Å². The monoisotopic (exact) mass is 250 g/mol.